The van der Waals surface area contributed by atoms with Gasteiger partial charge in [0.05, 0.1) is 11.4 Å². The van der Waals surface area contributed by atoms with Crippen molar-refractivity contribution in [3.63, 3.8) is 0 Å². The predicted molar refractivity (Wildman–Crippen MR) is 69.9 cm³/mol. The summed E-state index contributed by atoms with van der Waals surface area (Å²) in [5, 5.41) is 11.3. The van der Waals surface area contributed by atoms with Crippen LogP contribution < -0.4 is 34.7 Å². The summed E-state index contributed by atoms with van der Waals surface area (Å²) in [6, 6.07) is 2.86. The Hall–Kier alpha value is -0.620. The van der Waals surface area contributed by atoms with E-state index in [9.17, 15) is 9.90 Å². The van der Waals surface area contributed by atoms with Crippen LogP contribution in [0.25, 0.3) is 0 Å². The molecule has 0 saturated heterocycles. The Kier molecular flexibility index (Phi) is 7.59. The zero-order valence-electron chi connectivity index (χ0n) is 9.98. The van der Waals surface area contributed by atoms with Crippen LogP contribution >= 0.6 is 23.2 Å². The molecule has 0 bridgehead atoms. The monoisotopic (exact) mass is 307 g/mol. The summed E-state index contributed by atoms with van der Waals surface area (Å²) in [6.07, 6.45) is 5.97. The normalized spacial score (nSPS) is 12.7. The van der Waals surface area contributed by atoms with Gasteiger partial charge in [0, 0.05) is 10.0 Å². The molecule has 1 aliphatic carbocycles. The number of halogens is 2. The fraction of sp³-hybridized carbons (Fsp3) is 0. The average Bonchev–Trinajstić information content (AvgIpc) is 2.29. The van der Waals surface area contributed by atoms with Gasteiger partial charge in [-0.05, 0) is 36.4 Å². The molecule has 7 heteroatoms. The third-order valence-electron chi connectivity index (χ3n) is 2.08. The van der Waals surface area contributed by atoms with Gasteiger partial charge in [-0.1, -0.05) is 29.0 Å². The van der Waals surface area contributed by atoms with Gasteiger partial charge < -0.3 is 10.6 Å². The molecule has 0 unspecified atom stereocenters. The molecular formula is C12H8Cl2NNaO3. The molecule has 4 nitrogen and oxygen atoms in total. The molecule has 0 aromatic heterocycles. The fourth-order valence-corrected chi connectivity index (χ4v) is 1.76. The van der Waals surface area contributed by atoms with Crippen LogP contribution in [0.4, 0.5) is 5.69 Å². The Morgan fingerprint density at radius 2 is 1.47 bits per heavy atom. The Morgan fingerprint density at radius 1 is 1.00 bits per heavy atom. The number of allylic oxidation sites excluding steroid dienone is 4. The molecule has 19 heavy (non-hydrogen) atoms. The summed E-state index contributed by atoms with van der Waals surface area (Å²) < 4.78 is 0. The Labute approximate surface area is 142 Å². The van der Waals surface area contributed by atoms with E-state index in [4.69, 9.17) is 23.2 Å². The van der Waals surface area contributed by atoms with E-state index in [0.29, 0.717) is 11.4 Å². The quantitative estimate of drug-likeness (QED) is 0.493. The maximum Gasteiger partial charge on any atom is 1.00 e. The summed E-state index contributed by atoms with van der Waals surface area (Å²) in [5.74, 6) is -0.503. The van der Waals surface area contributed by atoms with Crippen molar-refractivity contribution in [2.24, 2.45) is 4.99 Å². The summed E-state index contributed by atoms with van der Waals surface area (Å²) in [4.78, 5) is 15.1. The maximum absolute atomic E-state index is 11.3. The van der Waals surface area contributed by atoms with Crippen LogP contribution in [-0.2, 0) is 4.79 Å². The van der Waals surface area contributed by atoms with Gasteiger partial charge in [0.15, 0.2) is 5.78 Å². The fourth-order valence-electron chi connectivity index (χ4n) is 1.28. The van der Waals surface area contributed by atoms with E-state index < -0.39 is 5.75 Å². The Balaban J connectivity index is 0.00000162. The topological polar surface area (TPSA) is 84.0 Å². The van der Waals surface area contributed by atoms with Gasteiger partial charge >= 0.3 is 29.6 Å². The molecule has 0 spiro atoms. The minimum absolute atomic E-state index is 0. The molecule has 0 saturated carbocycles. The molecule has 94 valence electrons. The molecule has 0 heterocycles. The first kappa shape index (κ1) is 18.4. The van der Waals surface area contributed by atoms with Gasteiger partial charge in [0.25, 0.3) is 0 Å². The van der Waals surface area contributed by atoms with E-state index in [2.05, 4.69) is 4.99 Å². The second-order valence-corrected chi connectivity index (χ2v) is 4.16. The van der Waals surface area contributed by atoms with Gasteiger partial charge in [-0.2, -0.15) is 0 Å². The molecule has 0 radical (unpaired) electrons. The van der Waals surface area contributed by atoms with Crippen LogP contribution in [0.2, 0.25) is 10.0 Å². The van der Waals surface area contributed by atoms with Gasteiger partial charge in [0.1, 0.15) is 0 Å². The number of carbonyl (C=O) groups is 1. The number of nitrogens with zero attached hydrogens (tertiary/aromatic N) is 1. The van der Waals surface area contributed by atoms with Crippen molar-refractivity contribution in [3.8, 4) is 5.75 Å². The van der Waals surface area contributed by atoms with Gasteiger partial charge in [-0.15, -0.1) is 0 Å². The van der Waals surface area contributed by atoms with Crippen molar-refractivity contribution in [2.75, 3.05) is 0 Å². The third-order valence-corrected chi connectivity index (χ3v) is 2.64. The van der Waals surface area contributed by atoms with Crippen LogP contribution in [0.15, 0.2) is 41.4 Å². The first-order valence-electron chi connectivity index (χ1n) is 4.71. The third kappa shape index (κ3) is 4.76. The number of hydrogen-bond donors (Lipinski definition) is 0. The summed E-state index contributed by atoms with van der Waals surface area (Å²) in [5.41, 5.74) is 1.06. The van der Waals surface area contributed by atoms with Crippen molar-refractivity contribution in [3.05, 3.63) is 46.5 Å². The molecule has 0 amide bonds. The number of rotatable bonds is 1. The number of aliphatic imine (C=N–C) groups is 1. The number of carbonyl (C=O) groups excluding carboxylic acids is 1. The van der Waals surface area contributed by atoms with Crippen molar-refractivity contribution in [1.82, 2.24) is 0 Å². The maximum atomic E-state index is 11.3. The molecule has 1 aromatic carbocycles. The van der Waals surface area contributed by atoms with E-state index in [-0.39, 0.29) is 50.9 Å². The van der Waals surface area contributed by atoms with Gasteiger partial charge in [-0.3, -0.25) is 4.79 Å². The van der Waals surface area contributed by atoms with Crippen molar-refractivity contribution < 1.29 is 44.9 Å². The predicted octanol–water partition coefficient (Wildman–Crippen LogP) is -0.986. The van der Waals surface area contributed by atoms with Crippen LogP contribution in [-0.4, -0.2) is 17.0 Å². The molecular weight excluding hydrogens is 300 g/mol. The second kappa shape index (κ2) is 7.85. The zero-order valence-corrected chi connectivity index (χ0v) is 13.5. The Morgan fingerprint density at radius 3 is 1.95 bits per heavy atom. The standard InChI is InChI=1S/C12H7Cl2NO2.Na.H2O/c13-10-5-8(6-11(14)12(10)17)15-7-1-3-9(16)4-2-7;;/h1-6,17H;;1H2/q;+1;/p-1. The number of benzene rings is 1. The molecule has 0 fully saturated rings. The SMILES string of the molecule is O.O=C1C=CC(=Nc2cc(Cl)c([O-])c(Cl)c2)C=C1.[Na+]. The molecule has 1 aromatic rings. The minimum atomic E-state index is -0.415. The largest absolute Gasteiger partial charge is 1.00 e. The van der Waals surface area contributed by atoms with Gasteiger partial charge in [-0.25, -0.2) is 4.99 Å². The first-order chi connectivity index (χ1) is 8.06. The van der Waals surface area contributed by atoms with Crippen LogP contribution in [0.1, 0.15) is 0 Å². The zero-order chi connectivity index (χ0) is 12.4. The Bertz CT molecular complexity index is 541. The summed E-state index contributed by atoms with van der Waals surface area (Å²) in [6.45, 7) is 0. The minimum Gasteiger partial charge on any atom is -0.870 e. The van der Waals surface area contributed by atoms with Crippen LogP contribution in [0, 0.1) is 0 Å². The van der Waals surface area contributed by atoms with Crippen LogP contribution in [0.5, 0.6) is 5.75 Å². The van der Waals surface area contributed by atoms with Crippen molar-refractivity contribution in [1.29, 1.82) is 0 Å². The summed E-state index contributed by atoms with van der Waals surface area (Å²) >= 11 is 11.4. The second-order valence-electron chi connectivity index (χ2n) is 3.34. The van der Waals surface area contributed by atoms with Crippen LogP contribution in [0.3, 0.4) is 0 Å². The molecule has 0 atom stereocenters. The molecule has 2 rings (SSSR count). The van der Waals surface area contributed by atoms with Crippen molar-refractivity contribution in [2.45, 2.75) is 0 Å². The first-order valence-corrected chi connectivity index (χ1v) is 5.47. The number of hydrogen-bond acceptors (Lipinski definition) is 3. The van der Waals surface area contributed by atoms with E-state index in [1.165, 1.54) is 24.3 Å². The smallest absolute Gasteiger partial charge is 0.870 e. The van der Waals surface area contributed by atoms with E-state index in [0.717, 1.165) is 0 Å². The van der Waals surface area contributed by atoms with Crippen molar-refractivity contribution >= 4 is 40.4 Å². The average molecular weight is 308 g/mol. The van der Waals surface area contributed by atoms with E-state index >= 15 is 0 Å². The molecule has 1 aliphatic rings. The molecule has 0 aliphatic heterocycles. The summed E-state index contributed by atoms with van der Waals surface area (Å²) in [7, 11) is 0. The number of ketones is 1. The van der Waals surface area contributed by atoms with E-state index in [1.54, 1.807) is 12.2 Å². The van der Waals surface area contributed by atoms with Gasteiger partial charge in [0.2, 0.25) is 0 Å². The molecule has 2 N–H and O–H groups in total. The van der Waals surface area contributed by atoms with E-state index in [1.807, 2.05) is 0 Å².